The van der Waals surface area contributed by atoms with E-state index in [1.807, 2.05) is 18.2 Å². The summed E-state index contributed by atoms with van der Waals surface area (Å²) in [7, 11) is 1.67. The van der Waals surface area contributed by atoms with Gasteiger partial charge in [-0.05, 0) is 18.6 Å². The van der Waals surface area contributed by atoms with E-state index in [4.69, 9.17) is 4.74 Å². The zero-order valence-corrected chi connectivity index (χ0v) is 9.86. The van der Waals surface area contributed by atoms with Crippen LogP contribution in [0.1, 0.15) is 6.42 Å². The van der Waals surface area contributed by atoms with Crippen molar-refractivity contribution in [2.45, 2.75) is 6.42 Å². The van der Waals surface area contributed by atoms with Gasteiger partial charge >= 0.3 is 0 Å². The minimum atomic E-state index is 0.846. The summed E-state index contributed by atoms with van der Waals surface area (Å²) in [4.78, 5) is 10.1. The second-order valence-corrected chi connectivity index (χ2v) is 4.37. The molecule has 0 bridgehead atoms. The van der Waals surface area contributed by atoms with Crippen LogP contribution in [0.15, 0.2) is 30.4 Å². The van der Waals surface area contributed by atoms with Gasteiger partial charge < -0.3 is 14.6 Å². The van der Waals surface area contributed by atoms with Crippen molar-refractivity contribution in [2.24, 2.45) is 0 Å². The van der Waals surface area contributed by atoms with Gasteiger partial charge in [0, 0.05) is 19.2 Å². The van der Waals surface area contributed by atoms with Crippen molar-refractivity contribution in [1.82, 2.24) is 9.97 Å². The highest BCUT2D eigenvalue weighted by atomic mass is 16.5. The van der Waals surface area contributed by atoms with Gasteiger partial charge in [-0.1, -0.05) is 12.2 Å². The number of hydrogen-bond acceptors (Lipinski definition) is 3. The molecule has 4 heteroatoms. The molecule has 2 aromatic rings. The molecule has 0 amide bonds. The minimum absolute atomic E-state index is 0.846. The lowest BCUT2D eigenvalue weighted by Crippen LogP contribution is -2.19. The van der Waals surface area contributed by atoms with Crippen molar-refractivity contribution in [2.75, 3.05) is 25.1 Å². The standard InChI is InChI=1S/C13H15N3O/c1-9-5-6-16(8-9)13-14-11-4-3-10(17-2)7-12(11)15-13/h3-4,7H,1,5-6,8H2,2H3,(H,14,15). The number of fused-ring (bicyclic) bond motifs is 1. The second kappa shape index (κ2) is 3.80. The first-order valence-corrected chi connectivity index (χ1v) is 5.71. The van der Waals surface area contributed by atoms with Gasteiger partial charge in [0.2, 0.25) is 5.95 Å². The molecule has 1 aliphatic heterocycles. The van der Waals surface area contributed by atoms with E-state index >= 15 is 0 Å². The van der Waals surface area contributed by atoms with Gasteiger partial charge in [-0.2, -0.15) is 0 Å². The van der Waals surface area contributed by atoms with Gasteiger partial charge in [-0.25, -0.2) is 4.98 Å². The maximum atomic E-state index is 5.20. The second-order valence-electron chi connectivity index (χ2n) is 4.37. The van der Waals surface area contributed by atoms with Gasteiger partial charge in [-0.3, -0.25) is 0 Å². The Morgan fingerprint density at radius 1 is 1.47 bits per heavy atom. The average molecular weight is 229 g/mol. The number of methoxy groups -OCH3 is 1. The normalized spacial score (nSPS) is 15.8. The van der Waals surface area contributed by atoms with Crippen LogP contribution in [-0.4, -0.2) is 30.2 Å². The first-order chi connectivity index (χ1) is 8.26. The Balaban J connectivity index is 1.98. The van der Waals surface area contributed by atoms with Crippen molar-refractivity contribution < 1.29 is 4.74 Å². The van der Waals surface area contributed by atoms with Crippen molar-refractivity contribution in [1.29, 1.82) is 0 Å². The zero-order chi connectivity index (χ0) is 11.8. The summed E-state index contributed by atoms with van der Waals surface area (Å²) in [6.07, 6.45) is 1.06. The molecule has 0 radical (unpaired) electrons. The molecular formula is C13H15N3O. The van der Waals surface area contributed by atoms with E-state index in [2.05, 4.69) is 21.4 Å². The van der Waals surface area contributed by atoms with Crippen LogP contribution < -0.4 is 9.64 Å². The number of nitrogens with one attached hydrogen (secondary N) is 1. The molecule has 1 aromatic carbocycles. The fourth-order valence-corrected chi connectivity index (χ4v) is 2.15. The lowest BCUT2D eigenvalue weighted by atomic mass is 10.3. The molecule has 0 atom stereocenters. The van der Waals surface area contributed by atoms with E-state index in [1.54, 1.807) is 7.11 Å². The molecule has 1 aliphatic rings. The van der Waals surface area contributed by atoms with E-state index in [1.165, 1.54) is 5.57 Å². The lowest BCUT2D eigenvalue weighted by Gasteiger charge is -2.12. The summed E-state index contributed by atoms with van der Waals surface area (Å²) >= 11 is 0. The summed E-state index contributed by atoms with van der Waals surface area (Å²) in [5.74, 6) is 1.77. The zero-order valence-electron chi connectivity index (χ0n) is 9.86. The van der Waals surface area contributed by atoms with Crippen LogP contribution in [-0.2, 0) is 0 Å². The first-order valence-electron chi connectivity index (χ1n) is 5.71. The molecule has 0 aliphatic carbocycles. The van der Waals surface area contributed by atoms with Gasteiger partial charge in [0.05, 0.1) is 18.1 Å². The van der Waals surface area contributed by atoms with E-state index < -0.39 is 0 Å². The summed E-state index contributed by atoms with van der Waals surface area (Å²) in [6, 6.07) is 5.87. The highest BCUT2D eigenvalue weighted by molar-refractivity contribution is 5.79. The van der Waals surface area contributed by atoms with Crippen LogP contribution >= 0.6 is 0 Å². The molecule has 2 heterocycles. The van der Waals surface area contributed by atoms with Gasteiger partial charge in [0.25, 0.3) is 0 Å². The van der Waals surface area contributed by atoms with E-state index in [0.717, 1.165) is 42.2 Å². The molecule has 1 saturated heterocycles. The van der Waals surface area contributed by atoms with Crippen LogP contribution in [0.25, 0.3) is 11.0 Å². The number of benzene rings is 1. The Hall–Kier alpha value is -1.97. The number of ether oxygens (including phenoxy) is 1. The monoisotopic (exact) mass is 229 g/mol. The Labute approximate surface area is 99.9 Å². The highest BCUT2D eigenvalue weighted by Gasteiger charge is 2.18. The van der Waals surface area contributed by atoms with Crippen molar-refractivity contribution in [3.05, 3.63) is 30.4 Å². The summed E-state index contributed by atoms with van der Waals surface area (Å²) in [5, 5.41) is 0. The molecule has 4 nitrogen and oxygen atoms in total. The maximum Gasteiger partial charge on any atom is 0.204 e. The van der Waals surface area contributed by atoms with Crippen molar-refractivity contribution in [3.8, 4) is 5.75 Å². The predicted octanol–water partition coefficient (Wildman–Crippen LogP) is 2.34. The maximum absolute atomic E-state index is 5.20. The van der Waals surface area contributed by atoms with Crippen LogP contribution in [0.4, 0.5) is 5.95 Å². The van der Waals surface area contributed by atoms with Gasteiger partial charge in [0.15, 0.2) is 0 Å². The van der Waals surface area contributed by atoms with Gasteiger partial charge in [-0.15, -0.1) is 0 Å². The Morgan fingerprint density at radius 3 is 3.06 bits per heavy atom. The van der Waals surface area contributed by atoms with Crippen LogP contribution in [0.5, 0.6) is 5.75 Å². The first kappa shape index (κ1) is 10.2. The van der Waals surface area contributed by atoms with E-state index in [9.17, 15) is 0 Å². The number of aromatic nitrogens is 2. The molecule has 1 fully saturated rings. The molecule has 17 heavy (non-hydrogen) atoms. The Morgan fingerprint density at radius 2 is 2.35 bits per heavy atom. The Kier molecular flexibility index (Phi) is 2.28. The average Bonchev–Trinajstić information content (AvgIpc) is 2.93. The molecule has 88 valence electrons. The van der Waals surface area contributed by atoms with Gasteiger partial charge in [0.1, 0.15) is 5.75 Å². The lowest BCUT2D eigenvalue weighted by molar-refractivity contribution is 0.415. The molecule has 0 unspecified atom stereocenters. The summed E-state index contributed by atoms with van der Waals surface area (Å²) < 4.78 is 5.20. The molecule has 3 rings (SSSR count). The molecular weight excluding hydrogens is 214 g/mol. The smallest absolute Gasteiger partial charge is 0.204 e. The summed E-state index contributed by atoms with van der Waals surface area (Å²) in [5.41, 5.74) is 3.25. The Bertz CT molecular complexity index is 573. The SMILES string of the molecule is C=C1CCN(c2nc3ccc(OC)cc3[nH]2)C1. The molecule has 1 aromatic heterocycles. The summed E-state index contributed by atoms with van der Waals surface area (Å²) in [6.45, 7) is 5.90. The van der Waals surface area contributed by atoms with Crippen molar-refractivity contribution in [3.63, 3.8) is 0 Å². The fraction of sp³-hybridized carbons (Fsp3) is 0.308. The largest absolute Gasteiger partial charge is 0.497 e. The van der Waals surface area contributed by atoms with E-state index in [-0.39, 0.29) is 0 Å². The number of rotatable bonds is 2. The predicted molar refractivity (Wildman–Crippen MR) is 68.6 cm³/mol. The number of aromatic amines is 1. The number of H-pyrrole nitrogens is 1. The highest BCUT2D eigenvalue weighted by Crippen LogP contribution is 2.25. The van der Waals surface area contributed by atoms with Crippen LogP contribution in [0.3, 0.4) is 0 Å². The van der Waals surface area contributed by atoms with Crippen LogP contribution in [0.2, 0.25) is 0 Å². The third-order valence-electron chi connectivity index (χ3n) is 3.13. The van der Waals surface area contributed by atoms with E-state index in [0.29, 0.717) is 0 Å². The van der Waals surface area contributed by atoms with Crippen molar-refractivity contribution >= 4 is 17.0 Å². The third kappa shape index (κ3) is 1.75. The number of nitrogens with zero attached hydrogens (tertiary/aromatic N) is 2. The quantitative estimate of drug-likeness (QED) is 0.804. The minimum Gasteiger partial charge on any atom is -0.497 e. The number of imidazole rings is 1. The topological polar surface area (TPSA) is 41.2 Å². The molecule has 0 spiro atoms. The third-order valence-corrected chi connectivity index (χ3v) is 3.13. The number of anilines is 1. The van der Waals surface area contributed by atoms with Crippen LogP contribution in [0, 0.1) is 0 Å². The molecule has 0 saturated carbocycles. The number of hydrogen-bond donors (Lipinski definition) is 1. The fourth-order valence-electron chi connectivity index (χ4n) is 2.15. The molecule has 1 N–H and O–H groups in total.